The van der Waals surface area contributed by atoms with Gasteiger partial charge in [-0.15, -0.1) is 0 Å². The van der Waals surface area contributed by atoms with Gasteiger partial charge >= 0.3 is 5.69 Å². The molecule has 5 atom stereocenters. The molecular formula is C20H23N5O6. The van der Waals surface area contributed by atoms with Crippen molar-refractivity contribution in [2.75, 3.05) is 11.9 Å². The van der Waals surface area contributed by atoms with E-state index in [2.05, 4.69) is 15.3 Å². The van der Waals surface area contributed by atoms with Gasteiger partial charge in [0.05, 0.1) is 12.6 Å². The van der Waals surface area contributed by atoms with Gasteiger partial charge in [-0.1, -0.05) is 18.2 Å². The van der Waals surface area contributed by atoms with Crippen LogP contribution in [0.3, 0.4) is 0 Å². The molecule has 0 spiro atoms. The molecule has 1 aliphatic rings. The van der Waals surface area contributed by atoms with Crippen LogP contribution in [0.15, 0.2) is 47.5 Å². The number of aromatic amines is 1. The minimum Gasteiger partial charge on any atom is -0.394 e. The molecule has 164 valence electrons. The van der Waals surface area contributed by atoms with Gasteiger partial charge in [0.25, 0.3) is 0 Å². The molecule has 0 aliphatic carbocycles. The summed E-state index contributed by atoms with van der Waals surface area (Å²) in [5.41, 5.74) is 7.07. The fourth-order valence-electron chi connectivity index (χ4n) is 3.63. The highest BCUT2D eigenvalue weighted by molar-refractivity contribution is 5.94. The predicted octanol–water partition coefficient (Wildman–Crippen LogP) is -1.16. The van der Waals surface area contributed by atoms with E-state index in [0.29, 0.717) is 0 Å². The number of benzene rings is 1. The number of nitrogens with zero attached hydrogens (tertiary/aromatic N) is 2. The number of nitrogens with one attached hydrogen (secondary N) is 2. The van der Waals surface area contributed by atoms with Crippen molar-refractivity contribution in [1.82, 2.24) is 14.5 Å². The number of nitrogens with two attached hydrogens (primary N) is 1. The van der Waals surface area contributed by atoms with E-state index in [9.17, 15) is 24.9 Å². The molecule has 1 saturated heterocycles. The molecule has 1 fully saturated rings. The molecule has 2 aromatic heterocycles. The Labute approximate surface area is 176 Å². The molecular weight excluding hydrogens is 406 g/mol. The Bertz CT molecular complexity index is 1140. The number of aliphatic hydroxyl groups excluding tert-OH is 3. The van der Waals surface area contributed by atoms with E-state index in [1.54, 1.807) is 6.20 Å². The van der Waals surface area contributed by atoms with Crippen LogP contribution in [0.1, 0.15) is 11.8 Å². The lowest BCUT2D eigenvalue weighted by Crippen LogP contribution is -2.39. The number of hydrogen-bond acceptors (Lipinski definition) is 8. The highest BCUT2D eigenvalue weighted by Crippen LogP contribution is 2.28. The smallest absolute Gasteiger partial charge is 0.351 e. The van der Waals surface area contributed by atoms with Gasteiger partial charge in [-0.3, -0.25) is 9.36 Å². The van der Waals surface area contributed by atoms with Crippen LogP contribution in [0, 0.1) is 0 Å². The normalized spacial score (nSPS) is 24.4. The summed E-state index contributed by atoms with van der Waals surface area (Å²) >= 11 is 0. The molecule has 7 N–H and O–H groups in total. The molecule has 31 heavy (non-hydrogen) atoms. The number of rotatable bonds is 6. The van der Waals surface area contributed by atoms with Gasteiger partial charge in [0, 0.05) is 23.3 Å². The number of H-pyrrole nitrogens is 1. The Hall–Kier alpha value is -3.09. The second-order valence-electron chi connectivity index (χ2n) is 7.39. The van der Waals surface area contributed by atoms with Crippen molar-refractivity contribution in [3.05, 3.63) is 58.8 Å². The first kappa shape index (κ1) is 21.2. The Morgan fingerprint density at radius 3 is 2.77 bits per heavy atom. The van der Waals surface area contributed by atoms with E-state index in [4.69, 9.17) is 10.5 Å². The zero-order valence-electron chi connectivity index (χ0n) is 16.4. The molecule has 0 bridgehead atoms. The first-order valence-electron chi connectivity index (χ1n) is 9.72. The second kappa shape index (κ2) is 8.57. The zero-order valence-corrected chi connectivity index (χ0v) is 16.4. The van der Waals surface area contributed by atoms with Crippen molar-refractivity contribution < 1.29 is 24.9 Å². The fraction of sp³-hybridized carbons (Fsp3) is 0.350. The van der Waals surface area contributed by atoms with E-state index in [1.165, 1.54) is 12.3 Å². The maximum absolute atomic E-state index is 12.5. The summed E-state index contributed by atoms with van der Waals surface area (Å²) in [5, 5.41) is 32.6. The Balaban J connectivity index is 1.44. The highest BCUT2D eigenvalue weighted by atomic mass is 16.6. The first-order chi connectivity index (χ1) is 14.9. The lowest BCUT2D eigenvalue weighted by molar-refractivity contribution is -0.117. The molecule has 11 heteroatoms. The maximum atomic E-state index is 12.5. The maximum Gasteiger partial charge on any atom is 0.351 e. The van der Waals surface area contributed by atoms with Crippen LogP contribution < -0.4 is 16.7 Å². The number of amides is 1. The first-order valence-corrected chi connectivity index (χ1v) is 9.72. The van der Waals surface area contributed by atoms with Crippen LogP contribution in [0.4, 0.5) is 5.82 Å². The van der Waals surface area contributed by atoms with Crippen LogP contribution in [-0.4, -0.2) is 66.7 Å². The third kappa shape index (κ3) is 4.09. The molecule has 1 aliphatic heterocycles. The lowest BCUT2D eigenvalue weighted by atomic mass is 10.1. The minimum absolute atomic E-state index is 0.00706. The second-order valence-corrected chi connectivity index (χ2v) is 7.39. The summed E-state index contributed by atoms with van der Waals surface area (Å²) in [6.45, 7) is -0.515. The van der Waals surface area contributed by atoms with Crippen LogP contribution in [0.5, 0.6) is 0 Å². The zero-order chi connectivity index (χ0) is 22.1. The largest absolute Gasteiger partial charge is 0.394 e. The van der Waals surface area contributed by atoms with Gasteiger partial charge in [-0.05, 0) is 24.1 Å². The predicted molar refractivity (Wildman–Crippen MR) is 110 cm³/mol. The molecule has 5 unspecified atom stereocenters. The van der Waals surface area contributed by atoms with Gasteiger partial charge < -0.3 is 36.1 Å². The van der Waals surface area contributed by atoms with Crippen molar-refractivity contribution in [3.63, 3.8) is 0 Å². The fourth-order valence-corrected chi connectivity index (χ4v) is 3.63. The molecule has 4 rings (SSSR count). The molecule has 3 heterocycles. The standard InChI is InChI=1S/C20H23N5O6/c21-12(7-10-8-22-13-4-2-1-3-11(10)13)18(29)23-15-5-6-25(20(30)24-15)19-17(28)16(27)14(9-26)31-19/h1-6,8,12,14,16-17,19,22,26-28H,7,9,21H2,(H,23,24,29,30). The average molecular weight is 429 g/mol. The Morgan fingerprint density at radius 2 is 2.06 bits per heavy atom. The summed E-state index contributed by atoms with van der Waals surface area (Å²) < 4.78 is 6.29. The van der Waals surface area contributed by atoms with Gasteiger partial charge in [-0.2, -0.15) is 4.98 Å². The minimum atomic E-state index is -1.42. The van der Waals surface area contributed by atoms with E-state index in [1.807, 2.05) is 24.3 Å². The van der Waals surface area contributed by atoms with Gasteiger partial charge in [0.1, 0.15) is 24.1 Å². The molecule has 3 aromatic rings. The number of ether oxygens (including phenoxy) is 1. The average Bonchev–Trinajstić information content (AvgIpc) is 3.29. The summed E-state index contributed by atoms with van der Waals surface area (Å²) in [5.74, 6) is -0.518. The van der Waals surface area contributed by atoms with E-state index < -0.39 is 48.8 Å². The van der Waals surface area contributed by atoms with E-state index >= 15 is 0 Å². The molecule has 1 aromatic carbocycles. The number of aromatic nitrogens is 3. The van der Waals surface area contributed by atoms with Crippen molar-refractivity contribution in [3.8, 4) is 0 Å². The number of carbonyl (C=O) groups is 1. The number of anilines is 1. The van der Waals surface area contributed by atoms with Crippen molar-refractivity contribution in [2.45, 2.75) is 37.0 Å². The summed E-state index contributed by atoms with van der Waals surface area (Å²) in [4.78, 5) is 31.7. The quantitative estimate of drug-likeness (QED) is 0.284. The van der Waals surface area contributed by atoms with Crippen molar-refractivity contribution in [2.24, 2.45) is 5.73 Å². The molecule has 1 amide bonds. The monoisotopic (exact) mass is 429 g/mol. The SMILES string of the molecule is NC(Cc1c[nH]c2ccccc12)C(=O)Nc1ccn(C2OC(CO)C(O)C2O)c(=O)n1. The van der Waals surface area contributed by atoms with Crippen LogP contribution in [-0.2, 0) is 16.0 Å². The number of carbonyl (C=O) groups excluding carboxylic acids is 1. The van der Waals surface area contributed by atoms with E-state index in [0.717, 1.165) is 21.0 Å². The van der Waals surface area contributed by atoms with Gasteiger partial charge in [0.15, 0.2) is 6.23 Å². The van der Waals surface area contributed by atoms with Gasteiger partial charge in [0.2, 0.25) is 5.91 Å². The number of para-hydroxylation sites is 1. The highest BCUT2D eigenvalue weighted by Gasteiger charge is 2.43. The third-order valence-electron chi connectivity index (χ3n) is 5.32. The number of aliphatic hydroxyl groups is 3. The van der Waals surface area contributed by atoms with Crippen LogP contribution in [0.25, 0.3) is 10.9 Å². The summed E-state index contributed by atoms with van der Waals surface area (Å²) in [6.07, 6.45) is -1.62. The molecule has 0 radical (unpaired) electrons. The Morgan fingerprint density at radius 1 is 1.29 bits per heavy atom. The third-order valence-corrected chi connectivity index (χ3v) is 5.32. The molecule has 11 nitrogen and oxygen atoms in total. The Kier molecular flexibility index (Phi) is 5.85. The van der Waals surface area contributed by atoms with Crippen LogP contribution in [0.2, 0.25) is 0 Å². The molecule has 0 saturated carbocycles. The van der Waals surface area contributed by atoms with E-state index in [-0.39, 0.29) is 12.2 Å². The van der Waals surface area contributed by atoms with Crippen molar-refractivity contribution in [1.29, 1.82) is 0 Å². The number of fused-ring (bicyclic) bond motifs is 1. The van der Waals surface area contributed by atoms with Gasteiger partial charge in [-0.25, -0.2) is 4.79 Å². The summed E-state index contributed by atoms with van der Waals surface area (Å²) in [6, 6.07) is 8.15. The van der Waals surface area contributed by atoms with Crippen LogP contribution >= 0.6 is 0 Å². The number of hydrogen-bond donors (Lipinski definition) is 6. The summed E-state index contributed by atoms with van der Waals surface area (Å²) in [7, 11) is 0. The van der Waals surface area contributed by atoms with Crippen molar-refractivity contribution >= 4 is 22.6 Å². The topological polar surface area (TPSA) is 176 Å². The lowest BCUT2D eigenvalue weighted by Gasteiger charge is -2.17.